The number of hydrazone groups is 1. The zero-order valence-electron chi connectivity index (χ0n) is 14.5. The maximum Gasteiger partial charge on any atom is 0.267 e. The predicted octanol–water partition coefficient (Wildman–Crippen LogP) is 1.21. The van der Waals surface area contributed by atoms with Crippen LogP contribution in [0.5, 0.6) is 5.75 Å². The van der Waals surface area contributed by atoms with E-state index in [0.717, 1.165) is 24.4 Å². The molecule has 1 fully saturated rings. The van der Waals surface area contributed by atoms with Gasteiger partial charge in [0.2, 0.25) is 5.91 Å². The topological polar surface area (TPSA) is 83.0 Å². The SMILES string of the molecule is COc1cccc([C@@H](CNC(=O)C2=NNC(=O)CC2)N2CCCC2)c1. The minimum Gasteiger partial charge on any atom is -0.497 e. The van der Waals surface area contributed by atoms with E-state index in [1.54, 1.807) is 7.11 Å². The van der Waals surface area contributed by atoms with Gasteiger partial charge in [0.15, 0.2) is 0 Å². The number of nitrogens with one attached hydrogen (secondary N) is 2. The van der Waals surface area contributed by atoms with Crippen molar-refractivity contribution in [2.24, 2.45) is 5.10 Å². The van der Waals surface area contributed by atoms with Gasteiger partial charge in [0.25, 0.3) is 5.91 Å². The molecule has 2 aliphatic heterocycles. The molecule has 2 N–H and O–H groups in total. The lowest BCUT2D eigenvalue weighted by Gasteiger charge is -2.28. The van der Waals surface area contributed by atoms with Gasteiger partial charge in [-0.2, -0.15) is 5.10 Å². The van der Waals surface area contributed by atoms with Gasteiger partial charge in [-0.05, 0) is 43.6 Å². The third-order valence-electron chi connectivity index (χ3n) is 4.68. The van der Waals surface area contributed by atoms with Crippen molar-refractivity contribution in [1.29, 1.82) is 0 Å². The van der Waals surface area contributed by atoms with Gasteiger partial charge in [0.05, 0.1) is 13.2 Å². The highest BCUT2D eigenvalue weighted by Crippen LogP contribution is 2.27. The van der Waals surface area contributed by atoms with Crippen LogP contribution < -0.4 is 15.5 Å². The van der Waals surface area contributed by atoms with Crippen LogP contribution in [-0.4, -0.2) is 49.2 Å². The van der Waals surface area contributed by atoms with E-state index in [1.807, 2.05) is 18.2 Å². The Balaban J connectivity index is 1.69. The highest BCUT2D eigenvalue weighted by atomic mass is 16.5. The van der Waals surface area contributed by atoms with Crippen LogP contribution in [0, 0.1) is 0 Å². The van der Waals surface area contributed by atoms with Gasteiger partial charge in [-0.3, -0.25) is 14.5 Å². The Kier molecular flexibility index (Phi) is 5.65. The fraction of sp³-hybridized carbons (Fsp3) is 0.500. The molecule has 2 amide bonds. The lowest BCUT2D eigenvalue weighted by Crippen LogP contribution is -2.41. The smallest absolute Gasteiger partial charge is 0.267 e. The average Bonchev–Trinajstić information content (AvgIpc) is 3.17. The van der Waals surface area contributed by atoms with Gasteiger partial charge in [-0.25, -0.2) is 5.43 Å². The molecule has 0 unspecified atom stereocenters. The molecule has 1 saturated heterocycles. The minimum absolute atomic E-state index is 0.0975. The highest BCUT2D eigenvalue weighted by molar-refractivity contribution is 6.39. The summed E-state index contributed by atoms with van der Waals surface area (Å²) in [5.41, 5.74) is 3.87. The van der Waals surface area contributed by atoms with Crippen molar-refractivity contribution in [2.75, 3.05) is 26.7 Å². The summed E-state index contributed by atoms with van der Waals surface area (Å²) in [6.07, 6.45) is 3.03. The molecule has 1 aromatic rings. The Morgan fingerprint density at radius 1 is 1.36 bits per heavy atom. The minimum atomic E-state index is -0.216. The van der Waals surface area contributed by atoms with Crippen LogP contribution in [0.15, 0.2) is 29.4 Å². The van der Waals surface area contributed by atoms with Gasteiger partial charge in [-0.15, -0.1) is 0 Å². The predicted molar refractivity (Wildman–Crippen MR) is 94.4 cm³/mol. The molecule has 25 heavy (non-hydrogen) atoms. The Morgan fingerprint density at radius 2 is 2.16 bits per heavy atom. The summed E-state index contributed by atoms with van der Waals surface area (Å²) in [5.74, 6) is 0.447. The summed E-state index contributed by atoms with van der Waals surface area (Å²) in [4.78, 5) is 25.9. The molecule has 1 atom stereocenters. The number of benzene rings is 1. The van der Waals surface area contributed by atoms with Gasteiger partial charge < -0.3 is 10.1 Å². The van der Waals surface area contributed by atoms with E-state index in [4.69, 9.17) is 4.74 Å². The molecule has 0 aliphatic carbocycles. The zero-order valence-corrected chi connectivity index (χ0v) is 14.5. The van der Waals surface area contributed by atoms with Crippen molar-refractivity contribution in [3.05, 3.63) is 29.8 Å². The van der Waals surface area contributed by atoms with Crippen molar-refractivity contribution in [3.63, 3.8) is 0 Å². The van der Waals surface area contributed by atoms with Crippen molar-refractivity contribution in [2.45, 2.75) is 31.7 Å². The maximum atomic E-state index is 12.3. The van der Waals surface area contributed by atoms with Crippen LogP contribution in [0.1, 0.15) is 37.3 Å². The van der Waals surface area contributed by atoms with Gasteiger partial charge in [-0.1, -0.05) is 12.1 Å². The summed E-state index contributed by atoms with van der Waals surface area (Å²) >= 11 is 0. The van der Waals surface area contributed by atoms with Crippen LogP contribution in [0.25, 0.3) is 0 Å². The number of likely N-dealkylation sites (tertiary alicyclic amines) is 1. The second kappa shape index (κ2) is 8.11. The number of carbonyl (C=O) groups excluding carboxylic acids is 2. The van der Waals surface area contributed by atoms with E-state index in [-0.39, 0.29) is 17.9 Å². The van der Waals surface area contributed by atoms with Gasteiger partial charge in [0, 0.05) is 19.4 Å². The van der Waals surface area contributed by atoms with Crippen LogP contribution >= 0.6 is 0 Å². The summed E-state index contributed by atoms with van der Waals surface area (Å²) in [6, 6.07) is 8.08. The first-order chi connectivity index (χ1) is 12.2. The van der Waals surface area contributed by atoms with Gasteiger partial charge in [0.1, 0.15) is 11.5 Å². The summed E-state index contributed by atoms with van der Waals surface area (Å²) in [5, 5.41) is 6.83. The summed E-state index contributed by atoms with van der Waals surface area (Å²) in [6.45, 7) is 2.54. The van der Waals surface area contributed by atoms with Crippen molar-refractivity contribution in [3.8, 4) is 5.75 Å². The molecule has 1 aromatic carbocycles. The molecule has 2 heterocycles. The quantitative estimate of drug-likeness (QED) is 0.813. The second-order valence-electron chi connectivity index (χ2n) is 6.34. The Bertz CT molecular complexity index is 668. The molecule has 0 bridgehead atoms. The number of carbonyl (C=O) groups is 2. The first-order valence-corrected chi connectivity index (χ1v) is 8.69. The molecular formula is C18H24N4O3. The summed E-state index contributed by atoms with van der Waals surface area (Å²) in [7, 11) is 1.65. The monoisotopic (exact) mass is 344 g/mol. The fourth-order valence-corrected chi connectivity index (χ4v) is 3.29. The van der Waals surface area contributed by atoms with E-state index in [1.165, 1.54) is 12.8 Å². The van der Waals surface area contributed by atoms with E-state index >= 15 is 0 Å². The van der Waals surface area contributed by atoms with Crippen LogP contribution in [0.3, 0.4) is 0 Å². The lowest BCUT2D eigenvalue weighted by molar-refractivity contribution is -0.121. The normalized spacial score (nSPS) is 19.1. The van der Waals surface area contributed by atoms with Crippen LogP contribution in [0.2, 0.25) is 0 Å². The second-order valence-corrected chi connectivity index (χ2v) is 6.34. The molecule has 7 nitrogen and oxygen atoms in total. The molecule has 134 valence electrons. The Hall–Kier alpha value is -2.41. The third kappa shape index (κ3) is 4.36. The number of hydrogen-bond donors (Lipinski definition) is 2. The maximum absolute atomic E-state index is 12.3. The highest BCUT2D eigenvalue weighted by Gasteiger charge is 2.25. The number of rotatable bonds is 6. The number of hydrogen-bond acceptors (Lipinski definition) is 5. The lowest BCUT2D eigenvalue weighted by atomic mass is 10.0. The van der Waals surface area contributed by atoms with E-state index in [2.05, 4.69) is 26.8 Å². The number of amides is 2. The molecule has 2 aliphatic rings. The van der Waals surface area contributed by atoms with Crippen molar-refractivity contribution in [1.82, 2.24) is 15.6 Å². The number of ether oxygens (including phenoxy) is 1. The Labute approximate surface area is 147 Å². The standard InChI is InChI=1S/C18H24N4O3/c1-25-14-6-4-5-13(11-14)16(22-9-2-3-10-22)12-19-18(24)15-7-8-17(23)21-20-15/h4-6,11,16H,2-3,7-10,12H2,1H3,(H,19,24)(H,21,23)/t16-/m1/s1. The largest absolute Gasteiger partial charge is 0.497 e. The molecule has 3 rings (SSSR count). The summed E-state index contributed by atoms with van der Waals surface area (Å²) < 4.78 is 5.33. The van der Waals surface area contributed by atoms with Crippen molar-refractivity contribution < 1.29 is 14.3 Å². The molecule has 0 radical (unpaired) electrons. The van der Waals surface area contributed by atoms with Crippen LogP contribution in [-0.2, 0) is 9.59 Å². The zero-order chi connectivity index (χ0) is 17.6. The van der Waals surface area contributed by atoms with Crippen molar-refractivity contribution >= 4 is 17.5 Å². The average molecular weight is 344 g/mol. The molecule has 7 heteroatoms. The first kappa shape index (κ1) is 17.4. The van der Waals surface area contributed by atoms with E-state index < -0.39 is 0 Å². The molecule has 0 spiro atoms. The first-order valence-electron chi connectivity index (χ1n) is 8.69. The Morgan fingerprint density at radius 3 is 2.84 bits per heavy atom. The van der Waals surface area contributed by atoms with E-state index in [0.29, 0.717) is 25.1 Å². The van der Waals surface area contributed by atoms with Crippen LogP contribution in [0.4, 0.5) is 0 Å². The molecule has 0 aromatic heterocycles. The fourth-order valence-electron chi connectivity index (χ4n) is 3.29. The molecule has 0 saturated carbocycles. The number of nitrogens with zero attached hydrogens (tertiary/aromatic N) is 2. The molecular weight excluding hydrogens is 320 g/mol. The van der Waals surface area contributed by atoms with E-state index in [9.17, 15) is 9.59 Å². The number of methoxy groups -OCH3 is 1. The van der Waals surface area contributed by atoms with Gasteiger partial charge >= 0.3 is 0 Å². The third-order valence-corrected chi connectivity index (χ3v) is 4.68.